The van der Waals surface area contributed by atoms with Gasteiger partial charge in [-0.2, -0.15) is 18.3 Å². The number of benzene rings is 1. The predicted octanol–water partition coefficient (Wildman–Crippen LogP) is 3.92. The van der Waals surface area contributed by atoms with E-state index in [0.29, 0.717) is 5.95 Å². The van der Waals surface area contributed by atoms with Crippen molar-refractivity contribution in [3.8, 4) is 5.95 Å². The number of amides is 1. The summed E-state index contributed by atoms with van der Waals surface area (Å²) in [6, 6.07) is 4.62. The summed E-state index contributed by atoms with van der Waals surface area (Å²) >= 11 is 0. The molecule has 4 rings (SSSR count). The molecule has 2 aromatic heterocycles. The molecule has 1 aliphatic rings. The van der Waals surface area contributed by atoms with E-state index in [4.69, 9.17) is 0 Å². The highest BCUT2D eigenvalue weighted by molar-refractivity contribution is 6.05. The third kappa shape index (κ3) is 4.27. The second-order valence-electron chi connectivity index (χ2n) is 6.96. The van der Waals surface area contributed by atoms with Crippen LogP contribution in [0.4, 0.5) is 24.5 Å². The number of carbonyl (C=O) groups excluding carboxylic acids is 1. The van der Waals surface area contributed by atoms with Crippen LogP contribution in [-0.2, 0) is 6.18 Å². The molecule has 3 aromatic rings. The summed E-state index contributed by atoms with van der Waals surface area (Å²) in [5.41, 5.74) is -0.282. The maximum atomic E-state index is 13.1. The third-order valence-corrected chi connectivity index (χ3v) is 4.87. The van der Waals surface area contributed by atoms with Gasteiger partial charge in [0, 0.05) is 13.1 Å². The predicted molar refractivity (Wildman–Crippen MR) is 105 cm³/mol. The van der Waals surface area contributed by atoms with Crippen LogP contribution in [-0.4, -0.2) is 38.7 Å². The van der Waals surface area contributed by atoms with E-state index in [1.165, 1.54) is 35.6 Å². The molecule has 0 unspecified atom stereocenters. The van der Waals surface area contributed by atoms with Gasteiger partial charge < -0.3 is 10.2 Å². The number of hydrogen-bond donors (Lipinski definition) is 1. The highest BCUT2D eigenvalue weighted by atomic mass is 19.4. The van der Waals surface area contributed by atoms with Crippen LogP contribution in [0.5, 0.6) is 0 Å². The fraction of sp³-hybridized carbons (Fsp3) is 0.300. The number of nitrogens with one attached hydrogen (secondary N) is 1. The average molecular weight is 416 g/mol. The number of piperidine rings is 1. The Bertz CT molecular complexity index is 1030. The Labute approximate surface area is 170 Å². The topological polar surface area (TPSA) is 75.9 Å². The van der Waals surface area contributed by atoms with Crippen molar-refractivity contribution in [1.29, 1.82) is 0 Å². The first-order valence-corrected chi connectivity index (χ1v) is 9.51. The second kappa shape index (κ2) is 8.13. The molecule has 0 radical (unpaired) electrons. The molecule has 10 heteroatoms. The molecule has 0 spiro atoms. The summed E-state index contributed by atoms with van der Waals surface area (Å²) in [4.78, 5) is 23.2. The van der Waals surface area contributed by atoms with E-state index in [0.717, 1.165) is 43.8 Å². The van der Waals surface area contributed by atoms with Crippen LogP contribution < -0.4 is 10.2 Å². The fourth-order valence-electron chi connectivity index (χ4n) is 3.37. The normalized spacial score (nSPS) is 14.6. The SMILES string of the molecule is O=C(Nc1cnn(-c2ncc(N3CCCCC3)cn2)c1)c1ccccc1C(F)(F)F. The number of anilines is 2. The number of carbonyl (C=O) groups is 1. The van der Waals surface area contributed by atoms with E-state index in [1.54, 1.807) is 12.4 Å². The number of alkyl halides is 3. The Kier molecular flexibility index (Phi) is 5.39. The van der Waals surface area contributed by atoms with Gasteiger partial charge in [0.15, 0.2) is 0 Å². The zero-order valence-corrected chi connectivity index (χ0v) is 15.9. The van der Waals surface area contributed by atoms with Crippen LogP contribution in [0.2, 0.25) is 0 Å². The first kappa shape index (κ1) is 19.9. The molecular formula is C20H19F3N6O. The summed E-state index contributed by atoms with van der Waals surface area (Å²) in [5, 5.41) is 6.53. The molecule has 0 atom stereocenters. The smallest absolute Gasteiger partial charge is 0.369 e. The molecule has 0 saturated carbocycles. The molecule has 1 saturated heterocycles. The van der Waals surface area contributed by atoms with Crippen molar-refractivity contribution in [2.45, 2.75) is 25.4 Å². The molecule has 156 valence electrons. The number of hydrogen-bond acceptors (Lipinski definition) is 5. The lowest BCUT2D eigenvalue weighted by Gasteiger charge is -2.28. The monoisotopic (exact) mass is 416 g/mol. The van der Waals surface area contributed by atoms with E-state index in [1.807, 2.05) is 0 Å². The largest absolute Gasteiger partial charge is 0.417 e. The lowest BCUT2D eigenvalue weighted by atomic mass is 10.1. The van der Waals surface area contributed by atoms with Crippen LogP contribution in [0.3, 0.4) is 0 Å². The first-order chi connectivity index (χ1) is 14.4. The van der Waals surface area contributed by atoms with Crippen LogP contribution in [0, 0.1) is 0 Å². The molecule has 30 heavy (non-hydrogen) atoms. The van der Waals surface area contributed by atoms with E-state index >= 15 is 0 Å². The van der Waals surface area contributed by atoms with Gasteiger partial charge in [0.05, 0.1) is 47.3 Å². The summed E-state index contributed by atoms with van der Waals surface area (Å²) in [7, 11) is 0. The zero-order chi connectivity index (χ0) is 21.1. The summed E-state index contributed by atoms with van der Waals surface area (Å²) in [6.07, 6.45) is 5.09. The minimum atomic E-state index is -4.62. The molecule has 1 amide bonds. The van der Waals surface area contributed by atoms with Crippen LogP contribution in [0.15, 0.2) is 49.1 Å². The Morgan fingerprint density at radius 3 is 2.40 bits per heavy atom. The van der Waals surface area contributed by atoms with Crippen molar-refractivity contribution in [3.05, 3.63) is 60.2 Å². The van der Waals surface area contributed by atoms with Crippen molar-refractivity contribution in [2.75, 3.05) is 23.3 Å². The van der Waals surface area contributed by atoms with Gasteiger partial charge >= 0.3 is 6.18 Å². The average Bonchev–Trinajstić information content (AvgIpc) is 3.22. The van der Waals surface area contributed by atoms with E-state index in [9.17, 15) is 18.0 Å². The standard InChI is InChI=1S/C20H19F3N6O/c21-20(22,23)17-7-3-2-6-16(17)18(30)27-14-10-26-29(13-14)19-24-11-15(12-25-19)28-8-4-1-5-9-28/h2-3,6-7,10-13H,1,4-5,8-9H2,(H,27,30). The first-order valence-electron chi connectivity index (χ1n) is 9.51. The Balaban J connectivity index is 1.48. The van der Waals surface area contributed by atoms with Gasteiger partial charge in [0.1, 0.15) is 0 Å². The molecule has 1 aromatic carbocycles. The lowest BCUT2D eigenvalue weighted by Crippen LogP contribution is -2.29. The van der Waals surface area contributed by atoms with Crippen LogP contribution in [0.25, 0.3) is 5.95 Å². The molecule has 1 fully saturated rings. The third-order valence-electron chi connectivity index (χ3n) is 4.87. The molecule has 0 aliphatic carbocycles. The summed E-state index contributed by atoms with van der Waals surface area (Å²) < 4.78 is 40.7. The molecule has 7 nitrogen and oxygen atoms in total. The van der Waals surface area contributed by atoms with Gasteiger partial charge in [-0.25, -0.2) is 14.6 Å². The minimum absolute atomic E-state index is 0.237. The summed E-state index contributed by atoms with van der Waals surface area (Å²) in [5.74, 6) is -0.573. The number of nitrogens with zero attached hydrogens (tertiary/aromatic N) is 5. The van der Waals surface area contributed by atoms with Crippen molar-refractivity contribution in [1.82, 2.24) is 19.7 Å². The Morgan fingerprint density at radius 2 is 1.70 bits per heavy atom. The van der Waals surface area contributed by atoms with Crippen molar-refractivity contribution in [2.24, 2.45) is 0 Å². The highest BCUT2D eigenvalue weighted by Gasteiger charge is 2.34. The molecule has 0 bridgehead atoms. The van der Waals surface area contributed by atoms with Crippen LogP contribution >= 0.6 is 0 Å². The van der Waals surface area contributed by atoms with Gasteiger partial charge in [0.25, 0.3) is 11.9 Å². The highest BCUT2D eigenvalue weighted by Crippen LogP contribution is 2.32. The van der Waals surface area contributed by atoms with Gasteiger partial charge in [-0.1, -0.05) is 12.1 Å². The minimum Gasteiger partial charge on any atom is -0.369 e. The van der Waals surface area contributed by atoms with Gasteiger partial charge in [-0.15, -0.1) is 0 Å². The maximum absolute atomic E-state index is 13.1. The Hall–Kier alpha value is -3.43. The molecule has 1 N–H and O–H groups in total. The number of rotatable bonds is 4. The van der Waals surface area contributed by atoms with Crippen molar-refractivity contribution < 1.29 is 18.0 Å². The maximum Gasteiger partial charge on any atom is 0.417 e. The number of aromatic nitrogens is 4. The van der Waals surface area contributed by atoms with E-state index in [2.05, 4.69) is 25.3 Å². The van der Waals surface area contributed by atoms with Crippen molar-refractivity contribution in [3.63, 3.8) is 0 Å². The number of halogens is 3. The molecule has 1 aliphatic heterocycles. The van der Waals surface area contributed by atoms with Gasteiger partial charge in [-0.3, -0.25) is 4.79 Å². The van der Waals surface area contributed by atoms with Crippen LogP contribution in [0.1, 0.15) is 35.2 Å². The lowest BCUT2D eigenvalue weighted by molar-refractivity contribution is -0.137. The molecular weight excluding hydrogens is 397 g/mol. The fourth-order valence-corrected chi connectivity index (χ4v) is 3.37. The second-order valence-corrected chi connectivity index (χ2v) is 6.96. The van der Waals surface area contributed by atoms with Gasteiger partial charge in [0.2, 0.25) is 0 Å². The van der Waals surface area contributed by atoms with Crippen molar-refractivity contribution >= 4 is 17.3 Å². The van der Waals surface area contributed by atoms with Gasteiger partial charge in [-0.05, 0) is 31.4 Å². The zero-order valence-electron chi connectivity index (χ0n) is 15.9. The quantitative estimate of drug-likeness (QED) is 0.698. The van der Waals surface area contributed by atoms with E-state index < -0.39 is 23.2 Å². The van der Waals surface area contributed by atoms with E-state index in [-0.39, 0.29) is 5.69 Å². The molecule has 3 heterocycles. The summed E-state index contributed by atoms with van der Waals surface area (Å²) in [6.45, 7) is 1.94. The Morgan fingerprint density at radius 1 is 1.00 bits per heavy atom.